The van der Waals surface area contributed by atoms with E-state index < -0.39 is 34.7 Å². The summed E-state index contributed by atoms with van der Waals surface area (Å²) in [5.41, 5.74) is 0.988. The van der Waals surface area contributed by atoms with E-state index in [1.807, 2.05) is 30.3 Å². The third-order valence-electron chi connectivity index (χ3n) is 5.47. The zero-order valence-corrected chi connectivity index (χ0v) is 20.0. The Bertz CT molecular complexity index is 1070. The maximum atomic E-state index is 12.5. The molecule has 11 nitrogen and oxygen atoms in total. The van der Waals surface area contributed by atoms with Crippen LogP contribution in [0.4, 0.5) is 5.69 Å². The number of amides is 2. The average Bonchev–Trinajstić information content (AvgIpc) is 2.85. The molecule has 0 heterocycles. The highest BCUT2D eigenvalue weighted by molar-refractivity contribution is 5.88. The highest BCUT2D eigenvalue weighted by Gasteiger charge is 2.33. The second-order valence-electron chi connectivity index (χ2n) is 8.05. The molecule has 2 amide bonds. The van der Waals surface area contributed by atoms with Crippen LogP contribution in [0.15, 0.2) is 54.6 Å². The number of nitrogens with one attached hydrogen (secondary N) is 2. The second-order valence-corrected chi connectivity index (χ2v) is 8.05. The van der Waals surface area contributed by atoms with E-state index in [0.717, 1.165) is 5.56 Å². The molecule has 0 spiro atoms. The lowest BCUT2D eigenvalue weighted by molar-refractivity contribution is -0.384. The van der Waals surface area contributed by atoms with Crippen LogP contribution in [0.25, 0.3) is 0 Å². The first kappa shape index (κ1) is 28.0. The van der Waals surface area contributed by atoms with Crippen molar-refractivity contribution >= 4 is 29.4 Å². The lowest BCUT2D eigenvalue weighted by atomic mass is 9.88. The van der Waals surface area contributed by atoms with Crippen molar-refractivity contribution in [3.8, 4) is 0 Å². The topological polar surface area (TPSA) is 165 Å². The Hall–Kier alpha value is -4.28. The first-order valence-corrected chi connectivity index (χ1v) is 11.4. The van der Waals surface area contributed by atoms with E-state index in [1.54, 1.807) is 13.8 Å². The molecule has 0 aliphatic carbocycles. The van der Waals surface area contributed by atoms with Gasteiger partial charge in [0, 0.05) is 30.9 Å². The first-order chi connectivity index (χ1) is 17.1. The van der Waals surface area contributed by atoms with Crippen LogP contribution < -0.4 is 10.6 Å². The zero-order valence-electron chi connectivity index (χ0n) is 20.0. The molecule has 11 heteroatoms. The lowest BCUT2D eigenvalue weighted by Gasteiger charge is -2.25. The minimum Gasteiger partial charge on any atom is -0.480 e. The molecule has 0 aliphatic heterocycles. The summed E-state index contributed by atoms with van der Waals surface area (Å²) in [4.78, 5) is 59.4. The second kappa shape index (κ2) is 13.6. The number of carboxylic acids is 1. The monoisotopic (exact) mass is 499 g/mol. The molecule has 0 bridgehead atoms. The van der Waals surface area contributed by atoms with Crippen LogP contribution in [-0.2, 0) is 23.9 Å². The summed E-state index contributed by atoms with van der Waals surface area (Å²) >= 11 is 0. The summed E-state index contributed by atoms with van der Waals surface area (Å²) in [7, 11) is 0. The van der Waals surface area contributed by atoms with Crippen LogP contribution in [0, 0.1) is 10.1 Å². The van der Waals surface area contributed by atoms with E-state index in [9.17, 15) is 34.4 Å². The number of nitro benzene ring substituents is 1. The van der Waals surface area contributed by atoms with E-state index in [0.29, 0.717) is 5.56 Å². The zero-order chi connectivity index (χ0) is 26.7. The third kappa shape index (κ3) is 8.49. The van der Waals surface area contributed by atoms with Crippen molar-refractivity contribution in [3.63, 3.8) is 0 Å². The maximum Gasteiger partial charge on any atom is 0.326 e. The molecule has 36 heavy (non-hydrogen) atoms. The fourth-order valence-corrected chi connectivity index (χ4v) is 3.62. The van der Waals surface area contributed by atoms with E-state index in [4.69, 9.17) is 4.74 Å². The molecule has 3 atom stereocenters. The summed E-state index contributed by atoms with van der Waals surface area (Å²) in [5, 5.41) is 25.9. The van der Waals surface area contributed by atoms with Gasteiger partial charge in [-0.15, -0.1) is 0 Å². The molecular formula is C25H29N3O8. The van der Waals surface area contributed by atoms with E-state index >= 15 is 0 Å². The Morgan fingerprint density at radius 1 is 0.944 bits per heavy atom. The molecule has 0 unspecified atom stereocenters. The van der Waals surface area contributed by atoms with E-state index in [1.165, 1.54) is 24.3 Å². The average molecular weight is 500 g/mol. The van der Waals surface area contributed by atoms with Crippen molar-refractivity contribution in [2.24, 2.45) is 0 Å². The number of esters is 1. The molecule has 0 radical (unpaired) electrons. The largest absolute Gasteiger partial charge is 0.480 e. The predicted molar refractivity (Wildman–Crippen MR) is 129 cm³/mol. The molecule has 2 rings (SSSR count). The van der Waals surface area contributed by atoms with Crippen molar-refractivity contribution in [2.45, 2.75) is 51.1 Å². The number of carbonyl (C=O) groups excluding carboxylic acids is 3. The van der Waals surface area contributed by atoms with Crippen LogP contribution in [-0.4, -0.2) is 46.4 Å². The van der Waals surface area contributed by atoms with Gasteiger partial charge in [0.25, 0.3) is 5.69 Å². The number of aliphatic carboxylic acids is 1. The number of nitro groups is 1. The lowest BCUT2D eigenvalue weighted by Crippen LogP contribution is -2.46. The van der Waals surface area contributed by atoms with Gasteiger partial charge in [0.1, 0.15) is 6.04 Å². The molecule has 0 aromatic heterocycles. The molecular weight excluding hydrogens is 470 g/mol. The number of carbonyl (C=O) groups is 4. The van der Waals surface area contributed by atoms with Crippen molar-refractivity contribution in [2.75, 3.05) is 6.61 Å². The minimum atomic E-state index is -1.53. The van der Waals surface area contributed by atoms with Gasteiger partial charge in [0.15, 0.2) is 0 Å². The standard InChI is InChI=1S/C25H29N3O8/c1-3-36-23(31)15-20(18-9-11-19(12-10-18)28(34)35)24(25(32)33)27-22(30)14-13-21(29)26-16(2)17-7-5-4-6-8-17/h4-12,16,20,24H,3,13-15H2,1-2H3,(H,26,29)(H,27,30)(H,32,33)/t16-,20+,24-/m1/s1. The molecule has 0 saturated heterocycles. The molecule has 2 aromatic carbocycles. The number of carboxylic acid groups (broad SMARTS) is 1. The van der Waals surface area contributed by atoms with Gasteiger partial charge in [-0.05, 0) is 25.0 Å². The molecule has 192 valence electrons. The smallest absolute Gasteiger partial charge is 0.326 e. The SMILES string of the molecule is CCOC(=O)C[C@@H](c1ccc([N+](=O)[O-])cc1)[C@@H](NC(=O)CCC(=O)N[C@H](C)c1ccccc1)C(=O)O. The molecule has 3 N–H and O–H groups in total. The van der Waals surface area contributed by atoms with Crippen LogP contribution in [0.3, 0.4) is 0 Å². The molecule has 2 aromatic rings. The minimum absolute atomic E-state index is 0.0758. The maximum absolute atomic E-state index is 12.5. The number of non-ortho nitro benzene ring substituents is 1. The van der Waals surface area contributed by atoms with Crippen molar-refractivity contribution < 1.29 is 33.9 Å². The Kier molecular flexibility index (Phi) is 10.5. The summed E-state index contributed by atoms with van der Waals surface area (Å²) in [6, 6.07) is 12.5. The van der Waals surface area contributed by atoms with Gasteiger partial charge < -0.3 is 20.5 Å². The third-order valence-corrected chi connectivity index (χ3v) is 5.47. The number of benzene rings is 2. The van der Waals surface area contributed by atoms with Gasteiger partial charge in [0.2, 0.25) is 11.8 Å². The number of ether oxygens (including phenoxy) is 1. The van der Waals surface area contributed by atoms with Gasteiger partial charge in [-0.1, -0.05) is 42.5 Å². The summed E-state index contributed by atoms with van der Waals surface area (Å²) in [6.07, 6.45) is -0.823. The first-order valence-electron chi connectivity index (χ1n) is 11.4. The van der Waals surface area contributed by atoms with Gasteiger partial charge in [-0.25, -0.2) is 4.79 Å². The van der Waals surface area contributed by atoms with E-state index in [2.05, 4.69) is 10.6 Å². The Balaban J connectivity index is 2.09. The van der Waals surface area contributed by atoms with Crippen LogP contribution in [0.1, 0.15) is 56.2 Å². The molecule has 0 aliphatic rings. The fourth-order valence-electron chi connectivity index (χ4n) is 3.62. The van der Waals surface area contributed by atoms with Crippen molar-refractivity contribution in [1.29, 1.82) is 0 Å². The van der Waals surface area contributed by atoms with Crippen molar-refractivity contribution in [1.82, 2.24) is 10.6 Å². The van der Waals surface area contributed by atoms with Gasteiger partial charge in [-0.2, -0.15) is 0 Å². The fraction of sp³-hybridized carbons (Fsp3) is 0.360. The Morgan fingerprint density at radius 3 is 2.06 bits per heavy atom. The van der Waals surface area contributed by atoms with E-state index in [-0.39, 0.29) is 43.5 Å². The van der Waals surface area contributed by atoms with Crippen LogP contribution >= 0.6 is 0 Å². The predicted octanol–water partition coefficient (Wildman–Crippen LogP) is 2.86. The van der Waals surface area contributed by atoms with Gasteiger partial charge in [0.05, 0.1) is 24.0 Å². The Morgan fingerprint density at radius 2 is 1.53 bits per heavy atom. The number of hydrogen-bond acceptors (Lipinski definition) is 7. The number of rotatable bonds is 13. The van der Waals surface area contributed by atoms with Gasteiger partial charge >= 0.3 is 11.9 Å². The van der Waals surface area contributed by atoms with Crippen LogP contribution in [0.2, 0.25) is 0 Å². The number of hydrogen-bond donors (Lipinski definition) is 3. The molecule has 0 fully saturated rings. The normalized spacial score (nSPS) is 13.1. The Labute approximate surface area is 208 Å². The van der Waals surface area contributed by atoms with Crippen molar-refractivity contribution in [3.05, 3.63) is 75.8 Å². The highest BCUT2D eigenvalue weighted by atomic mass is 16.6. The van der Waals surface area contributed by atoms with Gasteiger partial charge in [-0.3, -0.25) is 24.5 Å². The molecule has 0 saturated carbocycles. The summed E-state index contributed by atoms with van der Waals surface area (Å²) in [6.45, 7) is 3.48. The quantitative estimate of drug-likeness (QED) is 0.215. The number of nitrogens with zero attached hydrogens (tertiary/aromatic N) is 1. The summed E-state index contributed by atoms with van der Waals surface area (Å²) < 4.78 is 4.94. The summed E-state index contributed by atoms with van der Waals surface area (Å²) in [5.74, 6) is -4.22. The van der Waals surface area contributed by atoms with Crippen LogP contribution in [0.5, 0.6) is 0 Å². The highest BCUT2D eigenvalue weighted by Crippen LogP contribution is 2.27.